The number of fused-ring (bicyclic) bond motifs is 10. The van der Waals surface area contributed by atoms with Gasteiger partial charge in [0.05, 0.1) is 15.9 Å². The summed E-state index contributed by atoms with van der Waals surface area (Å²) >= 11 is 3.64. The maximum absolute atomic E-state index is 5.37. The standard InChI is InChI=1S/C41H26N2S2/c1-41(2)32-18-16-26(20-30(32)31-19-23-9-3-4-10-24(23)21-33(31)41)40-42-37(39-38(43-40)29-12-6-8-14-35(29)45-39)25-15-17-28-27-11-5-7-13-34(27)44-36(28)22-25/h3-22H,1-2H3. The van der Waals surface area contributed by atoms with E-state index in [-0.39, 0.29) is 5.41 Å². The molecule has 1 aliphatic carbocycles. The van der Waals surface area contributed by atoms with Gasteiger partial charge in [-0.05, 0) is 69.4 Å². The average molecular weight is 611 g/mol. The van der Waals surface area contributed by atoms with Crippen LogP contribution in [0.25, 0.3) is 85.0 Å². The maximum atomic E-state index is 5.37. The zero-order chi connectivity index (χ0) is 29.9. The van der Waals surface area contributed by atoms with Gasteiger partial charge in [-0.2, -0.15) is 0 Å². The summed E-state index contributed by atoms with van der Waals surface area (Å²) in [5.41, 5.74) is 9.47. The van der Waals surface area contributed by atoms with Crippen molar-refractivity contribution in [1.82, 2.24) is 9.97 Å². The average Bonchev–Trinajstić information content (AvgIpc) is 3.71. The number of benzene rings is 6. The van der Waals surface area contributed by atoms with Gasteiger partial charge in [0, 0.05) is 46.8 Å². The third kappa shape index (κ3) is 3.61. The van der Waals surface area contributed by atoms with E-state index in [1.165, 1.54) is 63.3 Å². The molecule has 45 heavy (non-hydrogen) atoms. The highest BCUT2D eigenvalue weighted by atomic mass is 32.1. The highest BCUT2D eigenvalue weighted by Gasteiger charge is 2.36. The number of hydrogen-bond donors (Lipinski definition) is 0. The van der Waals surface area contributed by atoms with E-state index >= 15 is 0 Å². The quantitative estimate of drug-likeness (QED) is 0.195. The molecule has 0 atom stereocenters. The van der Waals surface area contributed by atoms with Crippen molar-refractivity contribution in [3.8, 4) is 33.8 Å². The van der Waals surface area contributed by atoms with Gasteiger partial charge in [0.25, 0.3) is 0 Å². The molecule has 3 heterocycles. The Morgan fingerprint density at radius 2 is 1.18 bits per heavy atom. The minimum Gasteiger partial charge on any atom is -0.226 e. The number of hydrogen-bond acceptors (Lipinski definition) is 4. The van der Waals surface area contributed by atoms with Gasteiger partial charge in [0.15, 0.2) is 5.82 Å². The van der Waals surface area contributed by atoms with Crippen molar-refractivity contribution in [2.75, 3.05) is 0 Å². The van der Waals surface area contributed by atoms with Gasteiger partial charge in [-0.1, -0.05) is 98.8 Å². The third-order valence-electron chi connectivity index (χ3n) is 9.67. The van der Waals surface area contributed by atoms with E-state index in [1.807, 2.05) is 11.3 Å². The van der Waals surface area contributed by atoms with Crippen molar-refractivity contribution in [3.63, 3.8) is 0 Å². The molecule has 1 aliphatic rings. The second-order valence-electron chi connectivity index (χ2n) is 12.6. The Morgan fingerprint density at radius 3 is 2.02 bits per heavy atom. The number of rotatable bonds is 2. The van der Waals surface area contributed by atoms with E-state index < -0.39 is 0 Å². The molecule has 4 heteroatoms. The van der Waals surface area contributed by atoms with Crippen LogP contribution < -0.4 is 0 Å². The fourth-order valence-electron chi connectivity index (χ4n) is 7.37. The monoisotopic (exact) mass is 610 g/mol. The lowest BCUT2D eigenvalue weighted by Crippen LogP contribution is -2.14. The van der Waals surface area contributed by atoms with Crippen LogP contribution in [-0.2, 0) is 5.41 Å². The summed E-state index contributed by atoms with van der Waals surface area (Å²) in [6.45, 7) is 4.68. The van der Waals surface area contributed by atoms with Crippen LogP contribution in [0.5, 0.6) is 0 Å². The smallest absolute Gasteiger partial charge is 0.160 e. The normalized spacial score (nSPS) is 13.7. The van der Waals surface area contributed by atoms with Crippen molar-refractivity contribution in [2.24, 2.45) is 0 Å². The van der Waals surface area contributed by atoms with Crippen LogP contribution in [0.2, 0.25) is 0 Å². The molecule has 2 nitrogen and oxygen atoms in total. The first-order valence-electron chi connectivity index (χ1n) is 15.3. The van der Waals surface area contributed by atoms with E-state index in [0.29, 0.717) is 0 Å². The van der Waals surface area contributed by atoms with Crippen molar-refractivity contribution in [2.45, 2.75) is 19.3 Å². The molecule has 0 saturated heterocycles. The molecular formula is C41H26N2S2. The first kappa shape index (κ1) is 25.4. The molecule has 212 valence electrons. The van der Waals surface area contributed by atoms with Crippen LogP contribution in [0.4, 0.5) is 0 Å². The van der Waals surface area contributed by atoms with E-state index in [9.17, 15) is 0 Å². The summed E-state index contributed by atoms with van der Waals surface area (Å²) in [4.78, 5) is 10.7. The lowest BCUT2D eigenvalue weighted by Gasteiger charge is -2.21. The van der Waals surface area contributed by atoms with Gasteiger partial charge in [-0.25, -0.2) is 9.97 Å². The first-order valence-corrected chi connectivity index (χ1v) is 17.0. The Balaban J connectivity index is 1.21. The summed E-state index contributed by atoms with van der Waals surface area (Å²) in [7, 11) is 0. The molecule has 0 spiro atoms. The molecule has 0 bridgehead atoms. The molecule has 9 aromatic rings. The van der Waals surface area contributed by atoms with Crippen molar-refractivity contribution in [3.05, 3.63) is 132 Å². The Bertz CT molecular complexity index is 2690. The topological polar surface area (TPSA) is 25.8 Å². The fourth-order valence-corrected chi connectivity index (χ4v) is 9.66. The second-order valence-corrected chi connectivity index (χ2v) is 14.7. The Hall–Kier alpha value is -4.90. The number of aromatic nitrogens is 2. The van der Waals surface area contributed by atoms with Gasteiger partial charge in [0.1, 0.15) is 0 Å². The van der Waals surface area contributed by atoms with Gasteiger partial charge in [0.2, 0.25) is 0 Å². The highest BCUT2D eigenvalue weighted by molar-refractivity contribution is 7.26. The van der Waals surface area contributed by atoms with Crippen molar-refractivity contribution in [1.29, 1.82) is 0 Å². The third-order valence-corrected chi connectivity index (χ3v) is 12.0. The summed E-state index contributed by atoms with van der Waals surface area (Å²) in [5, 5.41) is 6.36. The number of nitrogens with zero attached hydrogens (tertiary/aromatic N) is 2. The molecule has 6 aromatic carbocycles. The van der Waals surface area contributed by atoms with Crippen LogP contribution in [0, 0.1) is 0 Å². The molecule has 0 amide bonds. The van der Waals surface area contributed by atoms with Crippen LogP contribution in [0.1, 0.15) is 25.0 Å². The van der Waals surface area contributed by atoms with Crippen molar-refractivity contribution < 1.29 is 0 Å². The summed E-state index contributed by atoms with van der Waals surface area (Å²) < 4.78 is 4.97. The molecule has 10 rings (SSSR count). The Kier molecular flexibility index (Phi) is 5.13. The van der Waals surface area contributed by atoms with E-state index in [0.717, 1.165) is 32.9 Å². The fraction of sp³-hybridized carbons (Fsp3) is 0.0732. The molecule has 0 saturated carbocycles. The second kappa shape index (κ2) is 9.07. The lowest BCUT2D eigenvalue weighted by molar-refractivity contribution is 0.661. The predicted octanol–water partition coefficient (Wildman–Crippen LogP) is 12.0. The van der Waals surface area contributed by atoms with E-state index in [2.05, 4.69) is 135 Å². The predicted molar refractivity (Wildman–Crippen MR) is 194 cm³/mol. The number of thiophene rings is 2. The zero-order valence-corrected chi connectivity index (χ0v) is 26.4. The van der Waals surface area contributed by atoms with Crippen LogP contribution in [0.3, 0.4) is 0 Å². The largest absolute Gasteiger partial charge is 0.226 e. The highest BCUT2D eigenvalue weighted by Crippen LogP contribution is 2.51. The molecule has 0 radical (unpaired) electrons. The maximum Gasteiger partial charge on any atom is 0.160 e. The Labute approximate surface area is 268 Å². The van der Waals surface area contributed by atoms with Crippen LogP contribution in [0.15, 0.2) is 121 Å². The first-order chi connectivity index (χ1) is 22.0. The molecule has 0 N–H and O–H groups in total. The lowest BCUT2D eigenvalue weighted by atomic mass is 9.82. The van der Waals surface area contributed by atoms with Crippen LogP contribution in [-0.4, -0.2) is 9.97 Å². The van der Waals surface area contributed by atoms with E-state index in [1.54, 1.807) is 11.3 Å². The molecular weight excluding hydrogens is 585 g/mol. The summed E-state index contributed by atoms with van der Waals surface area (Å²) in [5.74, 6) is 0.771. The minimum atomic E-state index is -0.0770. The summed E-state index contributed by atoms with van der Waals surface area (Å²) in [6.07, 6.45) is 0. The van der Waals surface area contributed by atoms with Crippen molar-refractivity contribution >= 4 is 73.9 Å². The van der Waals surface area contributed by atoms with E-state index in [4.69, 9.17) is 9.97 Å². The zero-order valence-electron chi connectivity index (χ0n) is 24.8. The minimum absolute atomic E-state index is 0.0770. The Morgan fingerprint density at radius 1 is 0.511 bits per heavy atom. The molecule has 3 aromatic heterocycles. The van der Waals surface area contributed by atoms with Gasteiger partial charge < -0.3 is 0 Å². The molecule has 0 unspecified atom stereocenters. The van der Waals surface area contributed by atoms with Crippen LogP contribution >= 0.6 is 22.7 Å². The van der Waals surface area contributed by atoms with Gasteiger partial charge in [-0.15, -0.1) is 22.7 Å². The van der Waals surface area contributed by atoms with Gasteiger partial charge >= 0.3 is 0 Å². The van der Waals surface area contributed by atoms with Gasteiger partial charge in [-0.3, -0.25) is 0 Å². The SMILES string of the molecule is CC1(C)c2ccc(-c3nc(-c4ccc5c(c4)sc4ccccc45)c4sc5ccccc5c4n3)cc2-c2cc3ccccc3cc21. The molecule has 0 fully saturated rings. The summed E-state index contributed by atoms with van der Waals surface area (Å²) in [6, 6.07) is 44.4. The molecule has 0 aliphatic heterocycles.